The maximum Gasteiger partial charge on any atom is 0.407 e. The average Bonchev–Trinajstić information content (AvgIpc) is 2.75. The fraction of sp³-hybridized carbons (Fsp3) is 0.273. The Labute approximate surface area is 170 Å². The first-order valence-electron chi connectivity index (χ1n) is 9.60. The summed E-state index contributed by atoms with van der Waals surface area (Å²) in [6.45, 7) is 2.83. The molecule has 1 amide bonds. The lowest BCUT2D eigenvalue weighted by Gasteiger charge is -2.24. The molecule has 0 fully saturated rings. The highest BCUT2D eigenvalue weighted by Gasteiger charge is 2.14. The highest BCUT2D eigenvalue weighted by molar-refractivity contribution is 5.64. The third-order valence-electron chi connectivity index (χ3n) is 4.48. The maximum atomic E-state index is 11.6. The van der Waals surface area contributed by atoms with E-state index in [0.29, 0.717) is 26.1 Å². The van der Waals surface area contributed by atoms with E-state index in [9.17, 15) is 9.90 Å². The van der Waals surface area contributed by atoms with Crippen LogP contribution in [0, 0.1) is 0 Å². The first-order valence-corrected chi connectivity index (χ1v) is 9.60. The Balaban J connectivity index is 1.59. The summed E-state index contributed by atoms with van der Waals surface area (Å²) >= 11 is 0. The van der Waals surface area contributed by atoms with E-state index < -0.39 is 6.09 Å². The van der Waals surface area contributed by atoms with Crippen LogP contribution >= 0.6 is 0 Å². The summed E-state index contributed by atoms with van der Waals surface area (Å²) in [5.74, 6) is 0. The monoisotopic (exact) mass is 391 g/mol. The van der Waals surface area contributed by atoms with Gasteiger partial charge in [0.1, 0.15) is 0 Å². The molecule has 0 spiro atoms. The molecule has 150 valence electrons. The van der Waals surface area contributed by atoms with Crippen LogP contribution < -0.4 is 0 Å². The first kappa shape index (κ1) is 20.4. The molecular weight excluding hydrogens is 366 g/mol. The zero-order valence-corrected chi connectivity index (χ0v) is 16.3. The standard InChI is InChI=1S/C22H25N5O2/c28-22(29)27(18-21-10-3-6-13-25-21)15-7-14-26(16-19-8-1-4-11-23-19)17-20-9-2-5-12-24-20/h1-6,8-13H,7,14-18H2,(H,28,29). The molecule has 3 aromatic rings. The molecular formula is C22H25N5O2. The molecule has 7 heteroatoms. The molecule has 0 bridgehead atoms. The summed E-state index contributed by atoms with van der Waals surface area (Å²) in [4.78, 5) is 28.3. The van der Waals surface area contributed by atoms with Crippen molar-refractivity contribution in [3.8, 4) is 0 Å². The van der Waals surface area contributed by atoms with Gasteiger partial charge in [0, 0.05) is 44.8 Å². The molecule has 0 saturated heterocycles. The number of hydrogen-bond acceptors (Lipinski definition) is 5. The summed E-state index contributed by atoms with van der Waals surface area (Å²) in [5, 5.41) is 9.53. The van der Waals surface area contributed by atoms with E-state index >= 15 is 0 Å². The molecule has 0 aliphatic heterocycles. The van der Waals surface area contributed by atoms with Crippen molar-refractivity contribution in [3.63, 3.8) is 0 Å². The van der Waals surface area contributed by atoms with E-state index in [0.717, 1.165) is 23.6 Å². The number of hydrogen-bond donors (Lipinski definition) is 1. The van der Waals surface area contributed by atoms with Gasteiger partial charge in [0.15, 0.2) is 0 Å². The summed E-state index contributed by atoms with van der Waals surface area (Å²) in [5.41, 5.74) is 2.70. The lowest BCUT2D eigenvalue weighted by Crippen LogP contribution is -2.33. The molecule has 3 heterocycles. The Morgan fingerprint density at radius 2 is 1.21 bits per heavy atom. The van der Waals surface area contributed by atoms with Gasteiger partial charge in [-0.2, -0.15) is 0 Å². The van der Waals surface area contributed by atoms with Crippen molar-refractivity contribution in [2.24, 2.45) is 0 Å². The maximum absolute atomic E-state index is 11.6. The van der Waals surface area contributed by atoms with Gasteiger partial charge in [0.05, 0.1) is 23.6 Å². The largest absolute Gasteiger partial charge is 0.465 e. The van der Waals surface area contributed by atoms with E-state index in [1.54, 1.807) is 18.6 Å². The minimum atomic E-state index is -0.934. The minimum Gasteiger partial charge on any atom is -0.465 e. The number of aromatic nitrogens is 3. The summed E-state index contributed by atoms with van der Waals surface area (Å²) < 4.78 is 0. The van der Waals surface area contributed by atoms with Crippen molar-refractivity contribution >= 4 is 6.09 Å². The van der Waals surface area contributed by atoms with Crippen molar-refractivity contribution in [3.05, 3.63) is 90.3 Å². The average molecular weight is 391 g/mol. The van der Waals surface area contributed by atoms with E-state index in [4.69, 9.17) is 0 Å². The molecule has 0 aliphatic rings. The van der Waals surface area contributed by atoms with Crippen LogP contribution in [-0.2, 0) is 19.6 Å². The van der Waals surface area contributed by atoms with Gasteiger partial charge < -0.3 is 10.0 Å². The Morgan fingerprint density at radius 3 is 1.62 bits per heavy atom. The predicted molar refractivity (Wildman–Crippen MR) is 110 cm³/mol. The van der Waals surface area contributed by atoms with Gasteiger partial charge in [-0.15, -0.1) is 0 Å². The van der Waals surface area contributed by atoms with Crippen molar-refractivity contribution < 1.29 is 9.90 Å². The fourth-order valence-electron chi connectivity index (χ4n) is 3.07. The third-order valence-corrected chi connectivity index (χ3v) is 4.48. The van der Waals surface area contributed by atoms with Gasteiger partial charge in [-0.25, -0.2) is 4.79 Å². The predicted octanol–water partition coefficient (Wildman–Crippen LogP) is 3.44. The topological polar surface area (TPSA) is 82.5 Å². The molecule has 0 radical (unpaired) electrons. The van der Waals surface area contributed by atoms with Gasteiger partial charge in [-0.1, -0.05) is 18.2 Å². The van der Waals surface area contributed by atoms with Gasteiger partial charge in [-0.3, -0.25) is 19.9 Å². The number of nitrogens with zero attached hydrogens (tertiary/aromatic N) is 5. The van der Waals surface area contributed by atoms with E-state index in [2.05, 4.69) is 19.9 Å². The Kier molecular flexibility index (Phi) is 7.65. The SMILES string of the molecule is O=C(O)N(CCCN(Cc1ccccn1)Cc1ccccn1)Cc1ccccn1. The van der Waals surface area contributed by atoms with Crippen molar-refractivity contribution in [1.29, 1.82) is 0 Å². The fourth-order valence-corrected chi connectivity index (χ4v) is 3.07. The van der Waals surface area contributed by atoms with Gasteiger partial charge >= 0.3 is 6.09 Å². The molecule has 0 atom stereocenters. The minimum absolute atomic E-state index is 0.288. The molecule has 3 rings (SSSR count). The lowest BCUT2D eigenvalue weighted by molar-refractivity contribution is 0.137. The van der Waals surface area contributed by atoms with Crippen LogP contribution in [0.3, 0.4) is 0 Å². The summed E-state index contributed by atoms with van der Waals surface area (Å²) in [7, 11) is 0. The van der Waals surface area contributed by atoms with Gasteiger partial charge in [0.25, 0.3) is 0 Å². The first-order chi connectivity index (χ1) is 14.2. The summed E-state index contributed by atoms with van der Waals surface area (Å²) in [6, 6.07) is 17.3. The van der Waals surface area contributed by atoms with E-state index in [1.807, 2.05) is 54.6 Å². The highest BCUT2D eigenvalue weighted by atomic mass is 16.4. The number of pyridine rings is 3. The second kappa shape index (κ2) is 10.9. The third kappa shape index (κ3) is 6.97. The molecule has 0 unspecified atom stereocenters. The van der Waals surface area contributed by atoms with Crippen LogP contribution in [0.5, 0.6) is 0 Å². The number of carbonyl (C=O) groups is 1. The normalized spacial score (nSPS) is 10.8. The highest BCUT2D eigenvalue weighted by Crippen LogP contribution is 2.09. The van der Waals surface area contributed by atoms with Crippen LogP contribution in [0.25, 0.3) is 0 Å². The molecule has 29 heavy (non-hydrogen) atoms. The second-order valence-corrected chi connectivity index (χ2v) is 6.73. The summed E-state index contributed by atoms with van der Waals surface area (Å²) in [6.07, 6.45) is 5.02. The van der Waals surface area contributed by atoms with Crippen LogP contribution in [-0.4, -0.2) is 49.0 Å². The number of rotatable bonds is 10. The Hall–Kier alpha value is -3.32. The van der Waals surface area contributed by atoms with Crippen molar-refractivity contribution in [1.82, 2.24) is 24.8 Å². The molecule has 7 nitrogen and oxygen atoms in total. The van der Waals surface area contributed by atoms with Crippen molar-refractivity contribution in [2.45, 2.75) is 26.1 Å². The number of amides is 1. The van der Waals surface area contributed by atoms with Gasteiger partial charge in [-0.05, 0) is 42.8 Å². The van der Waals surface area contributed by atoms with Crippen LogP contribution in [0.15, 0.2) is 73.2 Å². The molecule has 0 saturated carbocycles. The van der Waals surface area contributed by atoms with Crippen LogP contribution in [0.1, 0.15) is 23.5 Å². The second-order valence-electron chi connectivity index (χ2n) is 6.73. The lowest BCUT2D eigenvalue weighted by atomic mass is 10.2. The van der Waals surface area contributed by atoms with E-state index in [1.165, 1.54) is 4.90 Å². The molecule has 3 aromatic heterocycles. The van der Waals surface area contributed by atoms with Crippen LogP contribution in [0.4, 0.5) is 4.79 Å². The Bertz CT molecular complexity index is 821. The Morgan fingerprint density at radius 1 is 0.724 bits per heavy atom. The smallest absolute Gasteiger partial charge is 0.407 e. The zero-order chi connectivity index (χ0) is 20.3. The number of carboxylic acid groups (broad SMARTS) is 1. The van der Waals surface area contributed by atoms with E-state index in [-0.39, 0.29) is 6.54 Å². The molecule has 0 aliphatic carbocycles. The van der Waals surface area contributed by atoms with Crippen molar-refractivity contribution in [2.75, 3.05) is 13.1 Å². The van der Waals surface area contributed by atoms with Gasteiger partial charge in [0.2, 0.25) is 0 Å². The van der Waals surface area contributed by atoms with Crippen LogP contribution in [0.2, 0.25) is 0 Å². The molecule has 0 aromatic carbocycles. The quantitative estimate of drug-likeness (QED) is 0.570. The molecule has 1 N–H and O–H groups in total. The zero-order valence-electron chi connectivity index (χ0n) is 16.3.